The summed E-state index contributed by atoms with van der Waals surface area (Å²) in [7, 11) is 2.94. The first-order chi connectivity index (χ1) is 24.8. The van der Waals surface area contributed by atoms with Crippen LogP contribution < -0.4 is 14.2 Å². The highest BCUT2D eigenvalue weighted by molar-refractivity contribution is 5.87. The van der Waals surface area contributed by atoms with E-state index in [4.69, 9.17) is 33.4 Å². The van der Waals surface area contributed by atoms with Gasteiger partial charge in [-0.2, -0.15) is 0 Å². The molecule has 0 radical (unpaired) electrons. The number of nitro benzene ring substituents is 1. The van der Waals surface area contributed by atoms with Gasteiger partial charge in [0.05, 0.1) is 36.9 Å². The summed E-state index contributed by atoms with van der Waals surface area (Å²) in [4.78, 5) is 55.2. The molecular weight excluding hydrogens is 674 g/mol. The highest BCUT2D eigenvalue weighted by Gasteiger charge is 2.53. The summed E-state index contributed by atoms with van der Waals surface area (Å²) in [5.74, 6) is 1.34. The van der Waals surface area contributed by atoms with E-state index in [-0.39, 0.29) is 36.4 Å². The maximum atomic E-state index is 13.3. The molecule has 2 aromatic carbocycles. The van der Waals surface area contributed by atoms with Crippen molar-refractivity contribution in [1.29, 1.82) is 0 Å². The van der Waals surface area contributed by atoms with Gasteiger partial charge < -0.3 is 28.4 Å². The van der Waals surface area contributed by atoms with Crippen LogP contribution in [-0.2, 0) is 31.8 Å². The van der Waals surface area contributed by atoms with E-state index in [1.54, 1.807) is 27.9 Å². The van der Waals surface area contributed by atoms with E-state index in [1.807, 2.05) is 18.2 Å². The molecule has 1 spiro atoms. The lowest BCUT2D eigenvalue weighted by atomic mass is 9.86. The predicted molar refractivity (Wildman–Crippen MR) is 188 cm³/mol. The number of unbranched alkanes of at least 4 members (excludes halogenated alkanes) is 2. The first kappa shape index (κ1) is 36.6. The molecule has 0 bridgehead atoms. The molecule has 0 N–H and O–H groups in total. The standard InChI is InChI=1S/C38H45N3O11/c1-37(2,3)52-35(43)40-22-38(21-31(40)34(42)48-5)18-17-27-28-20-26(47-4)15-16-29(28)39-30(33(27)51-38)10-8-6-7-9-23-19-32(23)50-36(44)49-25-13-11-24(12-14-25)41(45)46/h11-16,20,23,31-32H,6-10,17-19,21-22H2,1-5H3/t23-,31+,32-,38-/m1/s1. The van der Waals surface area contributed by atoms with Crippen molar-refractivity contribution in [3.63, 3.8) is 0 Å². The molecule has 1 saturated carbocycles. The Morgan fingerprint density at radius 2 is 1.81 bits per heavy atom. The molecule has 3 heterocycles. The lowest BCUT2D eigenvalue weighted by Crippen LogP contribution is -2.46. The van der Waals surface area contributed by atoms with E-state index in [9.17, 15) is 24.5 Å². The van der Waals surface area contributed by atoms with Crippen LogP contribution in [0.25, 0.3) is 10.9 Å². The molecule has 6 rings (SSSR count). The number of methoxy groups -OCH3 is 2. The summed E-state index contributed by atoms with van der Waals surface area (Å²) in [5, 5.41) is 11.8. The Kier molecular flexibility index (Phi) is 10.5. The van der Waals surface area contributed by atoms with Gasteiger partial charge in [-0.05, 0) is 95.5 Å². The molecule has 3 aliphatic rings. The van der Waals surface area contributed by atoms with E-state index in [2.05, 4.69) is 0 Å². The van der Waals surface area contributed by atoms with Gasteiger partial charge in [-0.25, -0.2) is 19.4 Å². The minimum atomic E-state index is -0.835. The van der Waals surface area contributed by atoms with Crippen molar-refractivity contribution in [2.45, 2.75) is 102 Å². The van der Waals surface area contributed by atoms with Crippen molar-refractivity contribution in [2.24, 2.45) is 5.92 Å². The number of hydrogen-bond donors (Lipinski definition) is 0. The second-order valence-electron chi connectivity index (χ2n) is 14.7. The van der Waals surface area contributed by atoms with Crippen LogP contribution >= 0.6 is 0 Å². The molecule has 2 aliphatic heterocycles. The van der Waals surface area contributed by atoms with Gasteiger partial charge in [-0.1, -0.05) is 12.8 Å². The average Bonchev–Trinajstić information content (AvgIpc) is 3.73. The molecule has 0 unspecified atom stereocenters. The van der Waals surface area contributed by atoms with Crippen LogP contribution in [0.3, 0.4) is 0 Å². The Hall–Kier alpha value is -5.14. The highest BCUT2D eigenvalue weighted by atomic mass is 16.7. The van der Waals surface area contributed by atoms with Gasteiger partial charge in [-0.15, -0.1) is 0 Å². The number of nitro groups is 1. The van der Waals surface area contributed by atoms with Crippen LogP contribution in [0.4, 0.5) is 15.3 Å². The molecule has 3 aromatic rings. The molecule has 2 fully saturated rings. The molecule has 1 amide bonds. The van der Waals surface area contributed by atoms with E-state index < -0.39 is 40.4 Å². The second-order valence-corrected chi connectivity index (χ2v) is 14.7. The SMILES string of the molecule is COC(=O)[C@@H]1C[C@]2(CCc3c(c(CCCCC[C@@H]4C[C@H]4OC(=O)Oc4ccc([N+](=O)[O-])cc4)nc4ccc(OC)cc34)O2)CN1C(=O)OC(C)(C)C. The number of carbonyl (C=O) groups is 3. The number of hydrogen-bond acceptors (Lipinski definition) is 12. The second kappa shape index (κ2) is 14.8. The zero-order valence-electron chi connectivity index (χ0n) is 30.2. The Morgan fingerprint density at radius 1 is 1.06 bits per heavy atom. The number of aromatic nitrogens is 1. The van der Waals surface area contributed by atoms with Crippen molar-refractivity contribution >= 4 is 34.8 Å². The number of rotatable bonds is 11. The van der Waals surface area contributed by atoms with E-state index in [0.717, 1.165) is 54.3 Å². The molecule has 14 nitrogen and oxygen atoms in total. The van der Waals surface area contributed by atoms with Crippen molar-refractivity contribution in [2.75, 3.05) is 20.8 Å². The normalized spacial score (nSPS) is 21.9. The van der Waals surface area contributed by atoms with Crippen molar-refractivity contribution in [3.05, 3.63) is 63.8 Å². The van der Waals surface area contributed by atoms with E-state index in [0.29, 0.717) is 30.8 Å². The minimum Gasteiger partial charge on any atom is -0.497 e. The van der Waals surface area contributed by atoms with Crippen molar-refractivity contribution < 1.29 is 47.7 Å². The molecule has 1 saturated heterocycles. The maximum absolute atomic E-state index is 13.3. The third kappa shape index (κ3) is 8.32. The minimum absolute atomic E-state index is 0.0920. The maximum Gasteiger partial charge on any atom is 0.514 e. The van der Waals surface area contributed by atoms with Gasteiger partial charge in [0.25, 0.3) is 5.69 Å². The Bertz CT molecular complexity index is 1840. The zero-order chi connectivity index (χ0) is 37.2. The molecule has 4 atom stereocenters. The van der Waals surface area contributed by atoms with Gasteiger partial charge in [-0.3, -0.25) is 15.0 Å². The zero-order valence-corrected chi connectivity index (χ0v) is 30.2. The number of benzene rings is 2. The Morgan fingerprint density at radius 3 is 2.50 bits per heavy atom. The van der Waals surface area contributed by atoms with Gasteiger partial charge in [0, 0.05) is 29.5 Å². The number of carbonyl (C=O) groups excluding carboxylic acids is 3. The van der Waals surface area contributed by atoms with Crippen molar-refractivity contribution in [3.8, 4) is 17.2 Å². The summed E-state index contributed by atoms with van der Waals surface area (Å²) in [5.41, 5.74) is 1.07. The first-order valence-corrected chi connectivity index (χ1v) is 17.7. The fourth-order valence-electron chi connectivity index (χ4n) is 7.12. The monoisotopic (exact) mass is 719 g/mol. The molecule has 278 valence electrons. The number of likely N-dealkylation sites (tertiary alicyclic amines) is 1. The van der Waals surface area contributed by atoms with Crippen LogP contribution in [0, 0.1) is 16.0 Å². The lowest BCUT2D eigenvalue weighted by Gasteiger charge is -2.37. The summed E-state index contributed by atoms with van der Waals surface area (Å²) in [6.45, 7) is 5.54. The summed E-state index contributed by atoms with van der Waals surface area (Å²) >= 11 is 0. The molecule has 14 heteroatoms. The van der Waals surface area contributed by atoms with Gasteiger partial charge in [0.15, 0.2) is 0 Å². The average molecular weight is 720 g/mol. The number of pyridine rings is 1. The first-order valence-electron chi connectivity index (χ1n) is 17.7. The number of nitrogens with zero attached hydrogens (tertiary/aromatic N) is 3. The van der Waals surface area contributed by atoms with Crippen molar-refractivity contribution in [1.82, 2.24) is 9.88 Å². The largest absolute Gasteiger partial charge is 0.514 e. The number of esters is 1. The molecular formula is C38H45N3O11. The van der Waals surface area contributed by atoms with Crippen LogP contribution in [0.5, 0.6) is 17.2 Å². The van der Waals surface area contributed by atoms with E-state index >= 15 is 0 Å². The van der Waals surface area contributed by atoms with Crippen LogP contribution in [0.1, 0.15) is 77.0 Å². The quantitative estimate of drug-likeness (QED) is 0.0493. The molecule has 52 heavy (non-hydrogen) atoms. The lowest BCUT2D eigenvalue weighted by molar-refractivity contribution is -0.384. The third-order valence-corrected chi connectivity index (χ3v) is 9.81. The number of aryl methyl sites for hydroxylation is 2. The summed E-state index contributed by atoms with van der Waals surface area (Å²) in [6, 6.07) is 10.2. The number of non-ortho nitro benzene ring substituents is 1. The molecule has 1 aromatic heterocycles. The number of fused-ring (bicyclic) bond motifs is 3. The van der Waals surface area contributed by atoms with Crippen LogP contribution in [-0.4, -0.2) is 77.1 Å². The van der Waals surface area contributed by atoms with Gasteiger partial charge >= 0.3 is 18.2 Å². The highest BCUT2D eigenvalue weighted by Crippen LogP contribution is 2.46. The topological polar surface area (TPSA) is 166 Å². The fraction of sp³-hybridized carbons (Fsp3) is 0.526. The third-order valence-electron chi connectivity index (χ3n) is 9.81. The summed E-state index contributed by atoms with van der Waals surface area (Å²) < 4.78 is 33.8. The van der Waals surface area contributed by atoms with Crippen LogP contribution in [0.2, 0.25) is 0 Å². The smallest absolute Gasteiger partial charge is 0.497 e. The van der Waals surface area contributed by atoms with Gasteiger partial charge in [0.2, 0.25) is 0 Å². The predicted octanol–water partition coefficient (Wildman–Crippen LogP) is 7.10. The molecule has 1 aliphatic carbocycles. The Balaban J connectivity index is 1.09. The summed E-state index contributed by atoms with van der Waals surface area (Å²) in [6.07, 6.45) is 4.97. The fourth-order valence-corrected chi connectivity index (χ4v) is 7.12. The number of ether oxygens (including phenoxy) is 6. The van der Waals surface area contributed by atoms with Gasteiger partial charge in [0.1, 0.15) is 40.6 Å². The van der Waals surface area contributed by atoms with Crippen LogP contribution in [0.15, 0.2) is 42.5 Å². The Labute approximate surface area is 301 Å². The van der Waals surface area contributed by atoms with E-state index in [1.165, 1.54) is 36.3 Å². The number of amides is 1.